The third kappa shape index (κ3) is 2.39. The highest BCUT2D eigenvalue weighted by Gasteiger charge is 2.40. The third-order valence-electron chi connectivity index (χ3n) is 4.59. The molecule has 1 heterocycles. The van der Waals surface area contributed by atoms with Gasteiger partial charge in [-0.15, -0.1) is 0 Å². The first-order chi connectivity index (χ1) is 9.55. The number of fused-ring (bicyclic) bond motifs is 1. The van der Waals surface area contributed by atoms with Gasteiger partial charge in [0, 0.05) is 18.0 Å². The number of anilines is 1. The quantitative estimate of drug-likeness (QED) is 0.865. The molecule has 1 saturated carbocycles. The Labute approximate surface area is 120 Å². The van der Waals surface area contributed by atoms with Gasteiger partial charge in [-0.2, -0.15) is 0 Å². The minimum absolute atomic E-state index is 0.0939. The highest BCUT2D eigenvalue weighted by Crippen LogP contribution is 2.42. The van der Waals surface area contributed by atoms with Crippen molar-refractivity contribution >= 4 is 15.5 Å². The minimum Gasteiger partial charge on any atom is -0.497 e. The minimum atomic E-state index is -3.23. The Bertz CT molecular complexity index is 604. The summed E-state index contributed by atoms with van der Waals surface area (Å²) in [6, 6.07) is 5.17. The normalized spacial score (nSPS) is 23.4. The van der Waals surface area contributed by atoms with Crippen molar-refractivity contribution in [2.75, 3.05) is 24.7 Å². The second-order valence-corrected chi connectivity index (χ2v) is 7.99. The van der Waals surface area contributed by atoms with E-state index in [-0.39, 0.29) is 11.2 Å². The molecule has 0 amide bonds. The Kier molecular flexibility index (Phi) is 3.40. The van der Waals surface area contributed by atoms with E-state index in [1.807, 2.05) is 0 Å². The number of hydrogen-bond acceptors (Lipinski definition) is 4. The molecule has 4 nitrogen and oxygen atoms in total. The monoisotopic (exact) mass is 295 g/mol. The predicted molar refractivity (Wildman–Crippen MR) is 79.1 cm³/mol. The Morgan fingerprint density at radius 2 is 1.95 bits per heavy atom. The van der Waals surface area contributed by atoms with Crippen molar-refractivity contribution in [1.29, 1.82) is 0 Å². The maximum atomic E-state index is 12.7. The van der Waals surface area contributed by atoms with Crippen molar-refractivity contribution in [3.63, 3.8) is 0 Å². The van der Waals surface area contributed by atoms with Crippen LogP contribution in [0.25, 0.3) is 0 Å². The molecular formula is C15H21NO3S. The number of rotatable bonds is 1. The molecule has 3 rings (SSSR count). The number of nitrogens with one attached hydrogen (secondary N) is 1. The Morgan fingerprint density at radius 3 is 2.65 bits per heavy atom. The van der Waals surface area contributed by atoms with Crippen LogP contribution in [0.5, 0.6) is 5.75 Å². The van der Waals surface area contributed by atoms with Crippen LogP contribution in [-0.4, -0.2) is 27.8 Å². The summed E-state index contributed by atoms with van der Waals surface area (Å²) in [6.07, 6.45) is 5.50. The molecule has 110 valence electrons. The van der Waals surface area contributed by atoms with Crippen LogP contribution in [0, 0.1) is 5.41 Å². The van der Waals surface area contributed by atoms with Crippen molar-refractivity contribution in [3.05, 3.63) is 18.2 Å². The topological polar surface area (TPSA) is 55.4 Å². The van der Waals surface area contributed by atoms with Crippen LogP contribution >= 0.6 is 0 Å². The summed E-state index contributed by atoms with van der Waals surface area (Å²) in [6.45, 7) is 0.742. The largest absolute Gasteiger partial charge is 0.497 e. The zero-order valence-corrected chi connectivity index (χ0v) is 12.6. The molecule has 0 bridgehead atoms. The van der Waals surface area contributed by atoms with Gasteiger partial charge in [0.25, 0.3) is 0 Å². The van der Waals surface area contributed by atoms with Gasteiger partial charge in [-0.3, -0.25) is 0 Å². The van der Waals surface area contributed by atoms with Gasteiger partial charge in [-0.1, -0.05) is 19.3 Å². The first-order valence-corrected chi connectivity index (χ1v) is 8.85. The van der Waals surface area contributed by atoms with Gasteiger partial charge >= 0.3 is 0 Å². The molecule has 1 aromatic rings. The maximum absolute atomic E-state index is 12.7. The van der Waals surface area contributed by atoms with E-state index in [9.17, 15) is 8.42 Å². The summed E-state index contributed by atoms with van der Waals surface area (Å²) in [5.41, 5.74) is 0.593. The highest BCUT2D eigenvalue weighted by atomic mass is 32.2. The van der Waals surface area contributed by atoms with Crippen molar-refractivity contribution in [1.82, 2.24) is 0 Å². The summed E-state index contributed by atoms with van der Waals surface area (Å²) >= 11 is 0. The molecule has 0 aromatic heterocycles. The lowest BCUT2D eigenvalue weighted by Gasteiger charge is -2.35. The molecule has 1 N–H and O–H groups in total. The first-order valence-electron chi connectivity index (χ1n) is 7.19. The third-order valence-corrected chi connectivity index (χ3v) is 6.60. The SMILES string of the molecule is COc1ccc2c(c1)NCC1(CCCCC1)CS2(=O)=O. The van der Waals surface area contributed by atoms with E-state index < -0.39 is 9.84 Å². The molecule has 20 heavy (non-hydrogen) atoms. The van der Waals surface area contributed by atoms with Gasteiger partial charge < -0.3 is 10.1 Å². The second-order valence-electron chi connectivity index (χ2n) is 6.04. The van der Waals surface area contributed by atoms with Crippen LogP contribution in [-0.2, 0) is 9.84 Å². The van der Waals surface area contributed by atoms with Crippen LogP contribution in [0.1, 0.15) is 32.1 Å². The Balaban J connectivity index is 2.01. The maximum Gasteiger partial charge on any atom is 0.181 e. The molecule has 1 aromatic carbocycles. The van der Waals surface area contributed by atoms with Gasteiger partial charge in [0.2, 0.25) is 0 Å². The molecule has 0 atom stereocenters. The van der Waals surface area contributed by atoms with E-state index >= 15 is 0 Å². The lowest BCUT2D eigenvalue weighted by Crippen LogP contribution is -2.36. The second kappa shape index (κ2) is 4.95. The fraction of sp³-hybridized carbons (Fsp3) is 0.600. The summed E-state index contributed by atoms with van der Waals surface area (Å²) < 4.78 is 30.6. The summed E-state index contributed by atoms with van der Waals surface area (Å²) in [4.78, 5) is 0.417. The molecule has 0 saturated heterocycles. The van der Waals surface area contributed by atoms with E-state index in [1.54, 1.807) is 25.3 Å². The fourth-order valence-corrected chi connectivity index (χ4v) is 5.58. The van der Waals surface area contributed by atoms with E-state index in [0.717, 1.165) is 32.2 Å². The van der Waals surface area contributed by atoms with Gasteiger partial charge in [-0.05, 0) is 25.0 Å². The zero-order valence-electron chi connectivity index (χ0n) is 11.8. The molecule has 5 heteroatoms. The van der Waals surface area contributed by atoms with E-state index in [0.29, 0.717) is 16.3 Å². The molecule has 0 unspecified atom stereocenters. The van der Waals surface area contributed by atoms with Crippen LogP contribution < -0.4 is 10.1 Å². The standard InChI is InChI=1S/C15H21NO3S/c1-19-12-5-6-14-13(9-12)16-10-15(11-20(14,17)18)7-3-2-4-8-15/h5-6,9,16H,2-4,7-8,10-11H2,1H3. The number of methoxy groups -OCH3 is 1. The molecule has 1 aliphatic heterocycles. The van der Waals surface area contributed by atoms with Crippen molar-refractivity contribution < 1.29 is 13.2 Å². The average Bonchev–Trinajstić information content (AvgIpc) is 2.54. The van der Waals surface area contributed by atoms with Gasteiger partial charge in [-0.25, -0.2) is 8.42 Å². The predicted octanol–water partition coefficient (Wildman–Crippen LogP) is 2.84. The number of benzene rings is 1. The molecule has 0 radical (unpaired) electrons. The lowest BCUT2D eigenvalue weighted by atomic mass is 9.75. The Hall–Kier alpha value is -1.23. The van der Waals surface area contributed by atoms with E-state index in [1.165, 1.54) is 6.42 Å². The van der Waals surface area contributed by atoms with Crippen molar-refractivity contribution in [2.45, 2.75) is 37.0 Å². The van der Waals surface area contributed by atoms with Gasteiger partial charge in [0.1, 0.15) is 5.75 Å². The van der Waals surface area contributed by atoms with Crippen molar-refractivity contribution in [2.24, 2.45) is 5.41 Å². The molecule has 1 spiro atoms. The molecule has 2 aliphatic rings. The van der Waals surface area contributed by atoms with E-state index in [2.05, 4.69) is 5.32 Å². The Morgan fingerprint density at radius 1 is 1.20 bits per heavy atom. The fourth-order valence-electron chi connectivity index (χ4n) is 3.48. The molecule has 1 fully saturated rings. The summed E-state index contributed by atoms with van der Waals surface area (Å²) in [7, 11) is -1.64. The van der Waals surface area contributed by atoms with E-state index in [4.69, 9.17) is 4.74 Å². The number of ether oxygens (including phenoxy) is 1. The lowest BCUT2D eigenvalue weighted by molar-refractivity contribution is 0.237. The molecule has 1 aliphatic carbocycles. The molecular weight excluding hydrogens is 274 g/mol. The highest BCUT2D eigenvalue weighted by molar-refractivity contribution is 7.91. The summed E-state index contributed by atoms with van der Waals surface area (Å²) in [5, 5.41) is 3.36. The van der Waals surface area contributed by atoms with Crippen LogP contribution in [0.15, 0.2) is 23.1 Å². The van der Waals surface area contributed by atoms with Crippen LogP contribution in [0.2, 0.25) is 0 Å². The zero-order chi connectivity index (χ0) is 14.2. The smallest absolute Gasteiger partial charge is 0.181 e. The number of hydrogen-bond donors (Lipinski definition) is 1. The first kappa shape index (κ1) is 13.7. The summed E-state index contributed by atoms with van der Waals surface area (Å²) in [5.74, 6) is 0.956. The number of sulfone groups is 1. The van der Waals surface area contributed by atoms with Crippen LogP contribution in [0.4, 0.5) is 5.69 Å². The van der Waals surface area contributed by atoms with Gasteiger partial charge in [0.15, 0.2) is 9.84 Å². The average molecular weight is 295 g/mol. The van der Waals surface area contributed by atoms with Crippen LogP contribution in [0.3, 0.4) is 0 Å². The van der Waals surface area contributed by atoms with Crippen molar-refractivity contribution in [3.8, 4) is 5.75 Å². The van der Waals surface area contributed by atoms with Gasteiger partial charge in [0.05, 0.1) is 23.4 Å².